The molecule has 5 aromatic rings. The van der Waals surface area contributed by atoms with Gasteiger partial charge in [-0.2, -0.15) is 0 Å². The molecule has 10 nitrogen and oxygen atoms in total. The summed E-state index contributed by atoms with van der Waals surface area (Å²) in [5.41, 5.74) is 15.5. The molecule has 1 heterocycles. The number of methoxy groups -OCH3 is 2. The van der Waals surface area contributed by atoms with E-state index in [2.05, 4.69) is 158 Å². The summed E-state index contributed by atoms with van der Waals surface area (Å²) < 4.78 is 36.2. The molecule has 1 unspecified atom stereocenters. The predicted octanol–water partition coefficient (Wildman–Crippen LogP) is 12.9. The average Bonchev–Trinajstić information content (AvgIpc) is 3.91. The fraction of sp³-hybridized carbons (Fsp3) is 0.508. The smallest absolute Gasteiger partial charge is 0.481 e. The third-order valence-corrected chi connectivity index (χ3v) is 16.7. The van der Waals surface area contributed by atoms with Crippen molar-refractivity contribution >= 4 is 24.5 Å². The molecular formula is C65H84BNO9. The number of aryl methyl sites for hydroxylation is 1. The minimum absolute atomic E-state index is 0.0605. The number of amides is 1. The van der Waals surface area contributed by atoms with E-state index < -0.39 is 24.3 Å². The topological polar surface area (TPSA) is 122 Å². The normalized spacial score (nSPS) is 17.6. The number of carbonyl (C=O) groups excluding carboxylic acids is 1. The molecule has 1 amide bonds. The highest BCUT2D eigenvalue weighted by atomic mass is 16.7. The summed E-state index contributed by atoms with van der Waals surface area (Å²) in [5.74, 6) is -0.653. The lowest BCUT2D eigenvalue weighted by molar-refractivity contribution is -0.137. The molecule has 2 aliphatic carbocycles. The zero-order chi connectivity index (χ0) is 54.3. The largest absolute Gasteiger partial charge is 0.494 e. The van der Waals surface area contributed by atoms with Crippen LogP contribution in [0.3, 0.4) is 0 Å². The molecule has 0 spiro atoms. The van der Waals surface area contributed by atoms with Crippen molar-refractivity contribution in [1.29, 1.82) is 0 Å². The van der Waals surface area contributed by atoms with E-state index in [1.807, 2.05) is 0 Å². The van der Waals surface area contributed by atoms with E-state index in [4.69, 9.17) is 28.3 Å². The summed E-state index contributed by atoms with van der Waals surface area (Å²) in [6.07, 6.45) is 8.29. The minimum Gasteiger partial charge on any atom is -0.481 e. The number of unbranched alkanes of at least 4 members (excludes halogenated alkanes) is 1. The van der Waals surface area contributed by atoms with Crippen LogP contribution in [-0.2, 0) is 55.1 Å². The Morgan fingerprint density at radius 1 is 0.566 bits per heavy atom. The molecule has 5 aromatic carbocycles. The van der Waals surface area contributed by atoms with Gasteiger partial charge in [-0.25, -0.2) is 0 Å². The first-order valence-electron chi connectivity index (χ1n) is 28.0. The van der Waals surface area contributed by atoms with Crippen LogP contribution in [0.25, 0.3) is 44.5 Å². The second-order valence-electron chi connectivity index (χ2n) is 24.0. The third-order valence-electron chi connectivity index (χ3n) is 16.7. The van der Waals surface area contributed by atoms with E-state index in [9.17, 15) is 14.7 Å². The summed E-state index contributed by atoms with van der Waals surface area (Å²) in [7, 11) is 2.94. The Balaban J connectivity index is 1.17. The Hall–Kier alpha value is -5.14. The molecule has 0 aromatic heterocycles. The van der Waals surface area contributed by atoms with Gasteiger partial charge in [-0.05, 0) is 180 Å². The van der Waals surface area contributed by atoms with Crippen LogP contribution in [0, 0.1) is 5.41 Å². The average molecular weight is 1030 g/mol. The molecule has 1 aliphatic heterocycles. The number of fused-ring (bicyclic) bond motifs is 6. The molecule has 1 atom stereocenters. The van der Waals surface area contributed by atoms with E-state index >= 15 is 0 Å². The number of carboxylic acids is 1. The van der Waals surface area contributed by atoms with Gasteiger partial charge >= 0.3 is 13.1 Å². The maximum atomic E-state index is 12.8. The number of benzene rings is 5. The quantitative estimate of drug-likeness (QED) is 0.0391. The highest BCUT2D eigenvalue weighted by Crippen LogP contribution is 2.57. The fourth-order valence-electron chi connectivity index (χ4n) is 11.9. The second-order valence-corrected chi connectivity index (χ2v) is 24.0. The van der Waals surface area contributed by atoms with Gasteiger partial charge in [-0.3, -0.25) is 9.59 Å². The van der Waals surface area contributed by atoms with Crippen molar-refractivity contribution in [1.82, 2.24) is 5.32 Å². The first-order valence-corrected chi connectivity index (χ1v) is 28.0. The second kappa shape index (κ2) is 24.3. The van der Waals surface area contributed by atoms with Crippen LogP contribution in [0.5, 0.6) is 0 Å². The van der Waals surface area contributed by atoms with Crippen molar-refractivity contribution in [3.05, 3.63) is 125 Å². The zero-order valence-electron chi connectivity index (χ0n) is 47.3. The molecule has 3 aliphatic rings. The fourth-order valence-corrected chi connectivity index (χ4v) is 11.9. The van der Waals surface area contributed by atoms with Gasteiger partial charge < -0.3 is 38.7 Å². The standard InChI is InChI=1S/C65H84BNO9/c1-61(2,3)44-59(68)67-33-12-11-30-64(8)55-40-48(23-26-51(55)52-29-25-50(43-56(52)64)66-75-62(4,5)63(6,7)76-66)49-24-28-54-53-27-22-47(46-20-18-45(19-21-46)16-13-17-60(69)70)41-57(53)65(58(54)42-49,31-14-34-73-38-36-71-9)32-15-35-74-39-37-72-10/h18-29,40-43H,11-17,30-39,44H2,1-10H3,(H,67,68)(H,69,70). The van der Waals surface area contributed by atoms with Crippen molar-refractivity contribution in [3.63, 3.8) is 0 Å². The van der Waals surface area contributed by atoms with Gasteiger partial charge in [-0.1, -0.05) is 113 Å². The van der Waals surface area contributed by atoms with Crippen LogP contribution in [0.4, 0.5) is 0 Å². The zero-order valence-corrected chi connectivity index (χ0v) is 47.3. The van der Waals surface area contributed by atoms with Crippen LogP contribution < -0.4 is 10.8 Å². The lowest BCUT2D eigenvalue weighted by atomic mass is 9.70. The Kier molecular flexibility index (Phi) is 18.2. The Morgan fingerprint density at radius 3 is 1.58 bits per heavy atom. The third kappa shape index (κ3) is 12.7. The maximum absolute atomic E-state index is 12.8. The van der Waals surface area contributed by atoms with Crippen LogP contribution in [0.15, 0.2) is 97.1 Å². The molecule has 2 N–H and O–H groups in total. The predicted molar refractivity (Wildman–Crippen MR) is 307 cm³/mol. The number of carbonyl (C=O) groups is 2. The highest BCUT2D eigenvalue weighted by Gasteiger charge is 2.52. The van der Waals surface area contributed by atoms with Crippen molar-refractivity contribution in [2.45, 2.75) is 148 Å². The van der Waals surface area contributed by atoms with E-state index in [1.165, 1.54) is 55.6 Å². The van der Waals surface area contributed by atoms with Crippen molar-refractivity contribution in [2.24, 2.45) is 5.41 Å². The number of aliphatic carboxylic acids is 1. The lowest BCUT2D eigenvalue weighted by Gasteiger charge is -2.33. The van der Waals surface area contributed by atoms with Crippen LogP contribution in [-0.4, -0.2) is 95.7 Å². The SMILES string of the molecule is COCCOCCCC1(CCCOCCOC)c2cc(-c3ccc(CCCC(=O)O)cc3)ccc2-c2ccc(-c3ccc4c(c3)C(C)(CCCCNC(=O)CC(C)(C)C)c3cc(B5OC(C)(C)C(C)(C)O5)ccc3-4)cc21. The Labute approximate surface area is 454 Å². The first kappa shape index (κ1) is 57.1. The number of nitrogens with one attached hydrogen (secondary N) is 1. The summed E-state index contributed by atoms with van der Waals surface area (Å²) in [6, 6.07) is 36.7. The molecule has 0 radical (unpaired) electrons. The maximum Gasteiger partial charge on any atom is 0.494 e. The number of carboxylic acid groups (broad SMARTS) is 1. The summed E-state index contributed by atoms with van der Waals surface area (Å²) in [4.78, 5) is 24.1. The van der Waals surface area contributed by atoms with Crippen molar-refractivity contribution in [3.8, 4) is 44.5 Å². The van der Waals surface area contributed by atoms with E-state index in [-0.39, 0.29) is 28.6 Å². The molecule has 0 bridgehead atoms. The molecule has 1 saturated heterocycles. The van der Waals surface area contributed by atoms with Crippen molar-refractivity contribution < 1.29 is 43.0 Å². The van der Waals surface area contributed by atoms with E-state index in [0.717, 1.165) is 73.5 Å². The monoisotopic (exact) mass is 1030 g/mol. The van der Waals surface area contributed by atoms with Gasteiger partial charge in [0, 0.05) is 57.6 Å². The van der Waals surface area contributed by atoms with Gasteiger partial charge in [0.05, 0.1) is 37.6 Å². The number of rotatable bonds is 27. The molecular weight excluding hydrogens is 950 g/mol. The molecule has 1 fully saturated rings. The number of hydrogen-bond donors (Lipinski definition) is 2. The molecule has 76 heavy (non-hydrogen) atoms. The Morgan fingerprint density at radius 2 is 1.05 bits per heavy atom. The van der Waals surface area contributed by atoms with Crippen molar-refractivity contribution in [2.75, 3.05) is 60.4 Å². The molecule has 11 heteroatoms. The molecule has 8 rings (SSSR count). The number of ether oxygens (including phenoxy) is 4. The van der Waals surface area contributed by atoms with Gasteiger partial charge in [0.1, 0.15) is 0 Å². The lowest BCUT2D eigenvalue weighted by Crippen LogP contribution is -2.41. The molecule has 406 valence electrons. The van der Waals surface area contributed by atoms with E-state index in [0.29, 0.717) is 59.0 Å². The van der Waals surface area contributed by atoms with Gasteiger partial charge in [0.25, 0.3) is 0 Å². The van der Waals surface area contributed by atoms with Gasteiger partial charge in [-0.15, -0.1) is 0 Å². The number of hydrogen-bond acceptors (Lipinski definition) is 8. The summed E-state index contributed by atoms with van der Waals surface area (Å²) >= 11 is 0. The van der Waals surface area contributed by atoms with Gasteiger partial charge in [0.2, 0.25) is 5.91 Å². The molecule has 0 saturated carbocycles. The highest BCUT2D eigenvalue weighted by molar-refractivity contribution is 6.62. The van der Waals surface area contributed by atoms with Crippen LogP contribution in [0.2, 0.25) is 0 Å². The first-order chi connectivity index (χ1) is 36.3. The minimum atomic E-state index is -0.762. The van der Waals surface area contributed by atoms with Gasteiger partial charge in [0.15, 0.2) is 0 Å². The van der Waals surface area contributed by atoms with Crippen LogP contribution in [0.1, 0.15) is 147 Å². The van der Waals surface area contributed by atoms with Crippen LogP contribution >= 0.6 is 0 Å². The Bertz CT molecular complexity index is 2780. The summed E-state index contributed by atoms with van der Waals surface area (Å²) in [6.45, 7) is 21.3. The summed E-state index contributed by atoms with van der Waals surface area (Å²) in [5, 5.41) is 12.4. The van der Waals surface area contributed by atoms with E-state index in [1.54, 1.807) is 14.2 Å².